The number of hydrogen-bond donors (Lipinski definition) is 1. The molecular formula is C25H30N2O4. The molecule has 0 aliphatic rings. The third kappa shape index (κ3) is 5.87. The summed E-state index contributed by atoms with van der Waals surface area (Å²) in [4.78, 5) is 12.7. The molecule has 0 spiro atoms. The fourth-order valence-corrected chi connectivity index (χ4v) is 3.42. The Kier molecular flexibility index (Phi) is 7.34. The van der Waals surface area contributed by atoms with Crippen molar-refractivity contribution in [1.82, 2.24) is 10.5 Å². The molecule has 3 rings (SSSR count). The zero-order chi connectivity index (χ0) is 22.4. The third-order valence-corrected chi connectivity index (χ3v) is 5.31. The molecule has 31 heavy (non-hydrogen) atoms. The van der Waals surface area contributed by atoms with Crippen LogP contribution in [0.2, 0.25) is 0 Å². The topological polar surface area (TPSA) is 73.6 Å². The molecule has 6 nitrogen and oxygen atoms in total. The minimum atomic E-state index is -0.0592. The van der Waals surface area contributed by atoms with Crippen LogP contribution in [0.3, 0.4) is 0 Å². The fraction of sp³-hybridized carbons (Fsp3) is 0.360. The maximum Gasteiger partial charge on any atom is 0.224 e. The Balaban J connectivity index is 1.57. The SMILES string of the molecule is COc1ccc(C(NC(=O)Cc2ccc(OCc3c(C)noc3C)cc2)C(C)C)cc1. The van der Waals surface area contributed by atoms with Crippen LogP contribution in [0.5, 0.6) is 11.5 Å². The first-order valence-electron chi connectivity index (χ1n) is 10.4. The molecule has 0 aliphatic heterocycles. The molecule has 3 aromatic rings. The molecule has 0 saturated heterocycles. The van der Waals surface area contributed by atoms with Gasteiger partial charge in [-0.05, 0) is 55.2 Å². The zero-order valence-electron chi connectivity index (χ0n) is 18.8. The van der Waals surface area contributed by atoms with Crippen molar-refractivity contribution in [3.05, 3.63) is 76.7 Å². The van der Waals surface area contributed by atoms with Crippen LogP contribution in [0, 0.1) is 19.8 Å². The van der Waals surface area contributed by atoms with Gasteiger partial charge in [-0.15, -0.1) is 0 Å². The smallest absolute Gasteiger partial charge is 0.224 e. The quantitative estimate of drug-likeness (QED) is 0.529. The lowest BCUT2D eigenvalue weighted by molar-refractivity contribution is -0.121. The second-order valence-electron chi connectivity index (χ2n) is 7.97. The molecule has 1 aromatic heterocycles. The summed E-state index contributed by atoms with van der Waals surface area (Å²) in [6.45, 7) is 8.36. The molecule has 2 aromatic carbocycles. The van der Waals surface area contributed by atoms with E-state index in [4.69, 9.17) is 14.0 Å². The molecule has 1 atom stereocenters. The predicted octanol–water partition coefficient (Wildman–Crippen LogP) is 4.94. The average molecular weight is 423 g/mol. The van der Waals surface area contributed by atoms with Crippen molar-refractivity contribution < 1.29 is 18.8 Å². The van der Waals surface area contributed by atoms with Crippen LogP contribution in [0.1, 0.15) is 48.0 Å². The lowest BCUT2D eigenvalue weighted by Gasteiger charge is -2.23. The van der Waals surface area contributed by atoms with Crippen molar-refractivity contribution in [2.75, 3.05) is 7.11 Å². The molecule has 0 fully saturated rings. The van der Waals surface area contributed by atoms with E-state index >= 15 is 0 Å². The van der Waals surface area contributed by atoms with E-state index in [0.29, 0.717) is 13.0 Å². The van der Waals surface area contributed by atoms with E-state index in [1.165, 1.54) is 0 Å². The Morgan fingerprint density at radius 1 is 1.03 bits per heavy atom. The molecule has 164 valence electrons. The number of aromatic nitrogens is 1. The summed E-state index contributed by atoms with van der Waals surface area (Å²) in [5.41, 5.74) is 3.79. The first-order valence-corrected chi connectivity index (χ1v) is 10.4. The minimum absolute atomic E-state index is 0.0149. The monoisotopic (exact) mass is 422 g/mol. The lowest BCUT2D eigenvalue weighted by atomic mass is 9.95. The van der Waals surface area contributed by atoms with Crippen molar-refractivity contribution in [2.45, 2.75) is 46.8 Å². The van der Waals surface area contributed by atoms with Gasteiger partial charge in [0.25, 0.3) is 0 Å². The van der Waals surface area contributed by atoms with Gasteiger partial charge < -0.3 is 19.3 Å². The number of carbonyl (C=O) groups is 1. The highest BCUT2D eigenvalue weighted by molar-refractivity contribution is 5.79. The van der Waals surface area contributed by atoms with E-state index in [0.717, 1.165) is 39.6 Å². The Morgan fingerprint density at radius 2 is 1.68 bits per heavy atom. The van der Waals surface area contributed by atoms with E-state index in [9.17, 15) is 4.79 Å². The van der Waals surface area contributed by atoms with E-state index in [1.54, 1.807) is 7.11 Å². The van der Waals surface area contributed by atoms with Gasteiger partial charge in [0, 0.05) is 0 Å². The van der Waals surface area contributed by atoms with Gasteiger partial charge in [-0.3, -0.25) is 4.79 Å². The summed E-state index contributed by atoms with van der Waals surface area (Å²) in [5.74, 6) is 2.55. The van der Waals surface area contributed by atoms with Gasteiger partial charge in [0.15, 0.2) is 0 Å². The number of methoxy groups -OCH3 is 1. The van der Waals surface area contributed by atoms with Gasteiger partial charge in [0.05, 0.1) is 30.8 Å². The highest BCUT2D eigenvalue weighted by Gasteiger charge is 2.18. The van der Waals surface area contributed by atoms with Crippen molar-refractivity contribution >= 4 is 5.91 Å². The zero-order valence-corrected chi connectivity index (χ0v) is 18.8. The minimum Gasteiger partial charge on any atom is -0.497 e. The summed E-state index contributed by atoms with van der Waals surface area (Å²) < 4.78 is 16.2. The van der Waals surface area contributed by atoms with Crippen molar-refractivity contribution in [1.29, 1.82) is 0 Å². The molecule has 0 bridgehead atoms. The molecule has 0 radical (unpaired) electrons. The lowest BCUT2D eigenvalue weighted by Crippen LogP contribution is -2.32. The average Bonchev–Trinajstić information content (AvgIpc) is 3.09. The van der Waals surface area contributed by atoms with Crippen LogP contribution >= 0.6 is 0 Å². The molecule has 1 N–H and O–H groups in total. The summed E-state index contributed by atoms with van der Waals surface area (Å²) >= 11 is 0. The number of amides is 1. The van der Waals surface area contributed by atoms with Crippen LogP contribution < -0.4 is 14.8 Å². The maximum absolute atomic E-state index is 12.7. The highest BCUT2D eigenvalue weighted by Crippen LogP contribution is 2.24. The summed E-state index contributed by atoms with van der Waals surface area (Å²) in [7, 11) is 1.64. The number of rotatable bonds is 9. The van der Waals surface area contributed by atoms with Gasteiger partial charge in [0.2, 0.25) is 5.91 Å². The third-order valence-electron chi connectivity index (χ3n) is 5.31. The summed E-state index contributed by atoms with van der Waals surface area (Å²) in [6, 6.07) is 15.4. The largest absolute Gasteiger partial charge is 0.497 e. The number of ether oxygens (including phenoxy) is 2. The Labute approximate surface area is 183 Å². The normalized spacial score (nSPS) is 11.9. The molecule has 0 saturated carbocycles. The molecule has 1 amide bonds. The van der Waals surface area contributed by atoms with Crippen molar-refractivity contribution in [3.8, 4) is 11.5 Å². The van der Waals surface area contributed by atoms with Crippen molar-refractivity contribution in [2.24, 2.45) is 5.92 Å². The van der Waals surface area contributed by atoms with Crippen LogP contribution in [-0.4, -0.2) is 18.2 Å². The second kappa shape index (κ2) is 10.2. The first-order chi connectivity index (χ1) is 14.9. The van der Waals surface area contributed by atoms with E-state index in [-0.39, 0.29) is 17.9 Å². The fourth-order valence-electron chi connectivity index (χ4n) is 3.42. The molecular weight excluding hydrogens is 392 g/mol. The van der Waals surface area contributed by atoms with Gasteiger partial charge in [-0.2, -0.15) is 0 Å². The number of nitrogens with one attached hydrogen (secondary N) is 1. The van der Waals surface area contributed by atoms with E-state index in [1.807, 2.05) is 62.4 Å². The first kappa shape index (κ1) is 22.4. The Bertz CT molecular complexity index is 972. The second-order valence-corrected chi connectivity index (χ2v) is 7.97. The maximum atomic E-state index is 12.7. The van der Waals surface area contributed by atoms with Gasteiger partial charge in [-0.25, -0.2) is 0 Å². The predicted molar refractivity (Wildman–Crippen MR) is 119 cm³/mol. The summed E-state index contributed by atoms with van der Waals surface area (Å²) in [6.07, 6.45) is 0.309. The number of nitrogens with zero attached hydrogens (tertiary/aromatic N) is 1. The van der Waals surface area contributed by atoms with Crippen LogP contribution in [0.4, 0.5) is 0 Å². The molecule has 1 unspecified atom stereocenters. The van der Waals surface area contributed by atoms with Gasteiger partial charge in [0.1, 0.15) is 23.9 Å². The van der Waals surface area contributed by atoms with Crippen LogP contribution in [0.25, 0.3) is 0 Å². The Hall–Kier alpha value is -3.28. The number of hydrogen-bond acceptors (Lipinski definition) is 5. The van der Waals surface area contributed by atoms with Crippen LogP contribution in [-0.2, 0) is 17.8 Å². The standard InChI is InChI=1S/C25H30N2O4/c1-16(2)25(20-8-12-21(29-5)13-9-20)26-24(28)14-19-6-10-22(11-7-19)30-15-23-17(3)27-31-18(23)4/h6-13,16,25H,14-15H2,1-5H3,(H,26,28). The number of benzene rings is 2. The van der Waals surface area contributed by atoms with Gasteiger partial charge in [-0.1, -0.05) is 43.3 Å². The van der Waals surface area contributed by atoms with Gasteiger partial charge >= 0.3 is 0 Å². The van der Waals surface area contributed by atoms with Crippen molar-refractivity contribution in [3.63, 3.8) is 0 Å². The number of aryl methyl sites for hydroxylation is 2. The highest BCUT2D eigenvalue weighted by atomic mass is 16.5. The summed E-state index contributed by atoms with van der Waals surface area (Å²) in [5, 5.41) is 7.10. The number of carbonyl (C=O) groups excluding carboxylic acids is 1. The molecule has 6 heteroatoms. The van der Waals surface area contributed by atoms with Crippen LogP contribution in [0.15, 0.2) is 53.1 Å². The molecule has 0 aliphatic carbocycles. The Morgan fingerprint density at radius 3 is 2.23 bits per heavy atom. The van der Waals surface area contributed by atoms with E-state index < -0.39 is 0 Å². The van der Waals surface area contributed by atoms with E-state index in [2.05, 4.69) is 24.3 Å². The molecule has 1 heterocycles.